The van der Waals surface area contributed by atoms with E-state index in [2.05, 4.69) is 12.2 Å². The third kappa shape index (κ3) is 8.48. The van der Waals surface area contributed by atoms with Crippen molar-refractivity contribution in [1.29, 1.82) is 0 Å². The molecule has 0 spiro atoms. The first-order valence-electron chi connectivity index (χ1n) is 5.59. The first-order valence-corrected chi connectivity index (χ1v) is 5.59. The Bertz CT molecular complexity index is 109. The Morgan fingerprint density at radius 1 is 1.21 bits per heavy atom. The van der Waals surface area contributed by atoms with Crippen molar-refractivity contribution in [2.75, 3.05) is 34.0 Å². The molecule has 0 aliphatic carbocycles. The van der Waals surface area contributed by atoms with Crippen molar-refractivity contribution < 1.29 is 9.47 Å². The van der Waals surface area contributed by atoms with Crippen LogP contribution in [-0.2, 0) is 9.47 Å². The monoisotopic (exact) mass is 203 g/mol. The molecule has 0 aromatic heterocycles. The van der Waals surface area contributed by atoms with Gasteiger partial charge >= 0.3 is 0 Å². The van der Waals surface area contributed by atoms with Crippen molar-refractivity contribution >= 4 is 0 Å². The van der Waals surface area contributed by atoms with Crippen LogP contribution in [0.5, 0.6) is 0 Å². The van der Waals surface area contributed by atoms with Crippen LogP contribution in [0.4, 0.5) is 0 Å². The van der Waals surface area contributed by atoms with Gasteiger partial charge in [0.15, 0.2) is 0 Å². The summed E-state index contributed by atoms with van der Waals surface area (Å²) in [7, 11) is 3.69. The zero-order valence-electron chi connectivity index (χ0n) is 9.84. The van der Waals surface area contributed by atoms with E-state index >= 15 is 0 Å². The molecule has 0 aromatic carbocycles. The van der Waals surface area contributed by atoms with Crippen molar-refractivity contribution in [2.45, 2.75) is 38.6 Å². The number of methoxy groups -OCH3 is 1. The quantitative estimate of drug-likeness (QED) is 0.549. The average Bonchev–Trinajstić information content (AvgIpc) is 2.22. The van der Waals surface area contributed by atoms with Crippen molar-refractivity contribution in [3.8, 4) is 0 Å². The molecule has 3 heteroatoms. The highest BCUT2D eigenvalue weighted by atomic mass is 16.5. The van der Waals surface area contributed by atoms with Crippen LogP contribution in [0, 0.1) is 0 Å². The van der Waals surface area contributed by atoms with E-state index in [4.69, 9.17) is 9.47 Å². The molecule has 3 nitrogen and oxygen atoms in total. The van der Waals surface area contributed by atoms with Gasteiger partial charge in [0.2, 0.25) is 0 Å². The third-order valence-corrected chi connectivity index (χ3v) is 2.32. The standard InChI is InChI=1S/C11H25NO2/c1-4-5-6-7-11(12-2)10-14-9-8-13-3/h11-12H,4-10H2,1-3H3. The van der Waals surface area contributed by atoms with Gasteiger partial charge < -0.3 is 14.8 Å². The average molecular weight is 203 g/mol. The molecule has 0 rings (SSSR count). The number of hydrogen-bond donors (Lipinski definition) is 1. The molecule has 0 fully saturated rings. The zero-order valence-corrected chi connectivity index (χ0v) is 9.84. The Hall–Kier alpha value is -0.120. The normalized spacial score (nSPS) is 13.1. The second-order valence-electron chi connectivity index (χ2n) is 3.55. The van der Waals surface area contributed by atoms with Crippen LogP contribution in [-0.4, -0.2) is 40.0 Å². The number of rotatable bonds is 10. The predicted molar refractivity (Wildman–Crippen MR) is 59.7 cm³/mol. The molecule has 1 atom stereocenters. The van der Waals surface area contributed by atoms with Gasteiger partial charge in [0.05, 0.1) is 19.8 Å². The first-order chi connectivity index (χ1) is 6.85. The summed E-state index contributed by atoms with van der Waals surface area (Å²) < 4.78 is 10.4. The summed E-state index contributed by atoms with van der Waals surface area (Å²) in [6.07, 6.45) is 5.09. The molecule has 14 heavy (non-hydrogen) atoms. The summed E-state index contributed by atoms with van der Waals surface area (Å²) in [5.74, 6) is 0. The highest BCUT2D eigenvalue weighted by Gasteiger charge is 2.04. The summed E-state index contributed by atoms with van der Waals surface area (Å²) in [5, 5.41) is 3.27. The van der Waals surface area contributed by atoms with Gasteiger partial charge in [-0.15, -0.1) is 0 Å². The fourth-order valence-electron chi connectivity index (χ4n) is 1.32. The molecule has 0 aliphatic rings. The zero-order chi connectivity index (χ0) is 10.6. The maximum atomic E-state index is 5.47. The molecule has 0 radical (unpaired) electrons. The fourth-order valence-corrected chi connectivity index (χ4v) is 1.32. The lowest BCUT2D eigenvalue weighted by Crippen LogP contribution is -2.30. The Morgan fingerprint density at radius 3 is 2.57 bits per heavy atom. The summed E-state index contributed by atoms with van der Waals surface area (Å²) >= 11 is 0. The topological polar surface area (TPSA) is 30.5 Å². The van der Waals surface area contributed by atoms with Gasteiger partial charge in [-0.05, 0) is 13.5 Å². The maximum Gasteiger partial charge on any atom is 0.0701 e. The van der Waals surface area contributed by atoms with Gasteiger partial charge in [0.1, 0.15) is 0 Å². The van der Waals surface area contributed by atoms with Gasteiger partial charge in [0.25, 0.3) is 0 Å². The lowest BCUT2D eigenvalue weighted by Gasteiger charge is -2.15. The lowest BCUT2D eigenvalue weighted by molar-refractivity contribution is 0.0582. The van der Waals surface area contributed by atoms with E-state index < -0.39 is 0 Å². The van der Waals surface area contributed by atoms with E-state index in [-0.39, 0.29) is 0 Å². The molecule has 0 heterocycles. The number of likely N-dealkylation sites (N-methyl/N-ethyl adjacent to an activating group) is 1. The summed E-state index contributed by atoms with van der Waals surface area (Å²) in [6, 6.07) is 0.499. The van der Waals surface area contributed by atoms with E-state index in [9.17, 15) is 0 Å². The lowest BCUT2D eigenvalue weighted by atomic mass is 10.1. The Morgan fingerprint density at radius 2 is 2.00 bits per heavy atom. The largest absolute Gasteiger partial charge is 0.382 e. The van der Waals surface area contributed by atoms with E-state index in [1.54, 1.807) is 7.11 Å². The van der Waals surface area contributed by atoms with Gasteiger partial charge in [-0.1, -0.05) is 26.2 Å². The van der Waals surface area contributed by atoms with Crippen LogP contribution in [0.1, 0.15) is 32.6 Å². The van der Waals surface area contributed by atoms with E-state index in [0.717, 1.165) is 6.61 Å². The second kappa shape index (κ2) is 11.0. The maximum absolute atomic E-state index is 5.47. The van der Waals surface area contributed by atoms with Crippen LogP contribution in [0.3, 0.4) is 0 Å². The van der Waals surface area contributed by atoms with Crippen molar-refractivity contribution in [1.82, 2.24) is 5.32 Å². The molecule has 1 unspecified atom stereocenters. The molecular weight excluding hydrogens is 178 g/mol. The molecule has 0 aliphatic heterocycles. The van der Waals surface area contributed by atoms with Crippen LogP contribution >= 0.6 is 0 Å². The van der Waals surface area contributed by atoms with Crippen LogP contribution in [0.25, 0.3) is 0 Å². The van der Waals surface area contributed by atoms with Gasteiger partial charge in [-0.25, -0.2) is 0 Å². The molecule has 0 saturated carbocycles. The molecule has 1 N–H and O–H groups in total. The Labute approximate surface area is 88.2 Å². The summed E-state index contributed by atoms with van der Waals surface area (Å²) in [6.45, 7) is 4.40. The predicted octanol–water partition coefficient (Wildman–Crippen LogP) is 1.82. The fraction of sp³-hybridized carbons (Fsp3) is 1.00. The molecule has 0 bridgehead atoms. The van der Waals surface area contributed by atoms with Crippen molar-refractivity contribution in [2.24, 2.45) is 0 Å². The minimum atomic E-state index is 0.499. The number of unbranched alkanes of at least 4 members (excludes halogenated alkanes) is 2. The van der Waals surface area contributed by atoms with Crippen molar-refractivity contribution in [3.05, 3.63) is 0 Å². The summed E-state index contributed by atoms with van der Waals surface area (Å²) in [5.41, 5.74) is 0. The van der Waals surface area contributed by atoms with E-state index in [0.29, 0.717) is 19.3 Å². The van der Waals surface area contributed by atoms with Gasteiger partial charge in [0, 0.05) is 13.2 Å². The number of ether oxygens (including phenoxy) is 2. The summed E-state index contributed by atoms with van der Waals surface area (Å²) in [4.78, 5) is 0. The van der Waals surface area contributed by atoms with Crippen LogP contribution in [0.15, 0.2) is 0 Å². The van der Waals surface area contributed by atoms with Gasteiger partial charge in [-0.2, -0.15) is 0 Å². The molecule has 0 aromatic rings. The number of nitrogens with one attached hydrogen (secondary N) is 1. The first kappa shape index (κ1) is 13.9. The van der Waals surface area contributed by atoms with E-state index in [1.165, 1.54) is 25.7 Å². The Balaban J connectivity index is 3.28. The highest BCUT2D eigenvalue weighted by molar-refractivity contribution is 4.63. The second-order valence-corrected chi connectivity index (χ2v) is 3.55. The molecule has 0 amide bonds. The number of hydrogen-bond acceptors (Lipinski definition) is 3. The highest BCUT2D eigenvalue weighted by Crippen LogP contribution is 2.03. The molecule has 0 saturated heterocycles. The van der Waals surface area contributed by atoms with Crippen LogP contribution in [0.2, 0.25) is 0 Å². The minimum absolute atomic E-state index is 0.499. The van der Waals surface area contributed by atoms with Gasteiger partial charge in [-0.3, -0.25) is 0 Å². The smallest absolute Gasteiger partial charge is 0.0701 e. The Kier molecular flexibility index (Phi) is 10.9. The SMILES string of the molecule is CCCCCC(COCCOC)NC. The van der Waals surface area contributed by atoms with E-state index in [1.807, 2.05) is 7.05 Å². The minimum Gasteiger partial charge on any atom is -0.382 e. The third-order valence-electron chi connectivity index (χ3n) is 2.32. The molecule has 86 valence electrons. The molecular formula is C11H25NO2. The van der Waals surface area contributed by atoms with Crippen molar-refractivity contribution in [3.63, 3.8) is 0 Å². The van der Waals surface area contributed by atoms with Crippen LogP contribution < -0.4 is 5.32 Å².